The lowest BCUT2D eigenvalue weighted by Crippen LogP contribution is -2.52. The summed E-state index contributed by atoms with van der Waals surface area (Å²) in [5.41, 5.74) is 7.23. The highest BCUT2D eigenvalue weighted by molar-refractivity contribution is 5.04. The van der Waals surface area contributed by atoms with Crippen molar-refractivity contribution < 1.29 is 0 Å². The quantitative estimate of drug-likeness (QED) is 0.798. The van der Waals surface area contributed by atoms with Crippen molar-refractivity contribution in [3.8, 4) is 0 Å². The molecule has 0 spiro atoms. The molecule has 1 saturated heterocycles. The Morgan fingerprint density at radius 3 is 2.60 bits per heavy atom. The van der Waals surface area contributed by atoms with E-state index in [1.807, 2.05) is 17.9 Å². The number of aromatic nitrogens is 2. The van der Waals surface area contributed by atoms with E-state index in [1.165, 1.54) is 31.5 Å². The number of hydrogen-bond acceptors (Lipinski definition) is 4. The number of nitrogens with zero attached hydrogens (tertiary/aromatic N) is 4. The minimum atomic E-state index is 0.584. The van der Waals surface area contributed by atoms with Gasteiger partial charge in [-0.2, -0.15) is 5.10 Å². The van der Waals surface area contributed by atoms with E-state index in [-0.39, 0.29) is 0 Å². The smallest absolute Gasteiger partial charge is 0.0522 e. The van der Waals surface area contributed by atoms with Gasteiger partial charge in [-0.25, -0.2) is 0 Å². The Bertz CT molecular complexity index is 381. The molecule has 0 saturated carbocycles. The zero-order valence-corrected chi connectivity index (χ0v) is 13.0. The molecule has 1 unspecified atom stereocenters. The lowest BCUT2D eigenvalue weighted by molar-refractivity contribution is 0.0953. The first-order chi connectivity index (χ1) is 9.72. The van der Waals surface area contributed by atoms with Crippen molar-refractivity contribution in [1.29, 1.82) is 0 Å². The van der Waals surface area contributed by atoms with Gasteiger partial charge in [0, 0.05) is 58.6 Å². The summed E-state index contributed by atoms with van der Waals surface area (Å²) >= 11 is 0. The zero-order valence-electron chi connectivity index (χ0n) is 13.0. The number of rotatable bonds is 7. The van der Waals surface area contributed by atoms with Crippen molar-refractivity contribution in [2.75, 3.05) is 39.3 Å². The highest BCUT2D eigenvalue weighted by Crippen LogP contribution is 2.11. The maximum atomic E-state index is 5.90. The predicted molar refractivity (Wildman–Crippen MR) is 82.7 cm³/mol. The third kappa shape index (κ3) is 4.30. The molecule has 2 rings (SSSR count). The third-order valence-corrected chi connectivity index (χ3v) is 4.29. The zero-order chi connectivity index (χ0) is 14.4. The fourth-order valence-corrected chi connectivity index (χ4v) is 3.02. The Balaban J connectivity index is 1.71. The van der Waals surface area contributed by atoms with Crippen LogP contribution in [0.5, 0.6) is 0 Å². The topological polar surface area (TPSA) is 50.3 Å². The van der Waals surface area contributed by atoms with Crippen molar-refractivity contribution in [2.45, 2.75) is 32.2 Å². The molecular weight excluding hydrogens is 250 g/mol. The fourth-order valence-electron chi connectivity index (χ4n) is 3.02. The number of hydrogen-bond donors (Lipinski definition) is 1. The summed E-state index contributed by atoms with van der Waals surface area (Å²) in [6.07, 6.45) is 7.64. The van der Waals surface area contributed by atoms with Gasteiger partial charge < -0.3 is 10.6 Å². The van der Waals surface area contributed by atoms with Crippen LogP contribution >= 0.6 is 0 Å². The first-order valence-corrected chi connectivity index (χ1v) is 7.87. The molecule has 0 bridgehead atoms. The van der Waals surface area contributed by atoms with Gasteiger partial charge in [-0.15, -0.1) is 0 Å². The first-order valence-electron chi connectivity index (χ1n) is 7.87. The lowest BCUT2D eigenvalue weighted by atomic mass is 10.1. The van der Waals surface area contributed by atoms with Crippen LogP contribution in [0.25, 0.3) is 0 Å². The van der Waals surface area contributed by atoms with Crippen LogP contribution in [0.1, 0.15) is 25.3 Å². The molecular formula is C15H29N5. The number of aryl methyl sites for hydroxylation is 1. The molecule has 20 heavy (non-hydrogen) atoms. The Morgan fingerprint density at radius 1 is 1.30 bits per heavy atom. The van der Waals surface area contributed by atoms with Gasteiger partial charge in [-0.1, -0.05) is 13.3 Å². The van der Waals surface area contributed by atoms with Gasteiger partial charge in [0.25, 0.3) is 0 Å². The summed E-state index contributed by atoms with van der Waals surface area (Å²) in [7, 11) is 1.98. The summed E-state index contributed by atoms with van der Waals surface area (Å²) in [5.74, 6) is 0. The first kappa shape index (κ1) is 15.5. The van der Waals surface area contributed by atoms with E-state index in [2.05, 4.69) is 28.0 Å². The molecule has 2 N–H and O–H groups in total. The molecule has 0 aromatic carbocycles. The Labute approximate surface area is 122 Å². The van der Waals surface area contributed by atoms with Gasteiger partial charge in [-0.3, -0.25) is 9.58 Å². The van der Waals surface area contributed by atoms with Crippen LogP contribution in [0, 0.1) is 0 Å². The summed E-state index contributed by atoms with van der Waals surface area (Å²) in [5, 5.41) is 4.22. The van der Waals surface area contributed by atoms with E-state index in [1.54, 1.807) is 0 Å². The van der Waals surface area contributed by atoms with Crippen LogP contribution in [-0.4, -0.2) is 64.9 Å². The molecule has 1 aromatic heterocycles. The molecule has 1 aliphatic rings. The van der Waals surface area contributed by atoms with Gasteiger partial charge in [-0.05, 0) is 18.4 Å². The standard InChI is InChI=1S/C15H29N5/c1-3-4-15(11-16)20-9-7-19(8-10-20)6-5-14-12-17-18(2)13-14/h12-13,15H,3-11,16H2,1-2H3. The fraction of sp³-hybridized carbons (Fsp3) is 0.800. The maximum Gasteiger partial charge on any atom is 0.0522 e. The molecule has 2 heterocycles. The largest absolute Gasteiger partial charge is 0.329 e. The number of nitrogens with two attached hydrogens (primary N) is 1. The van der Waals surface area contributed by atoms with E-state index in [4.69, 9.17) is 5.73 Å². The second-order valence-corrected chi connectivity index (χ2v) is 5.83. The second kappa shape index (κ2) is 7.76. The minimum absolute atomic E-state index is 0.584. The Hall–Kier alpha value is -0.910. The lowest BCUT2D eigenvalue weighted by Gasteiger charge is -2.39. The van der Waals surface area contributed by atoms with Gasteiger partial charge in [0.1, 0.15) is 0 Å². The SMILES string of the molecule is CCCC(CN)N1CCN(CCc2cnn(C)c2)CC1. The van der Waals surface area contributed by atoms with E-state index in [0.29, 0.717) is 6.04 Å². The summed E-state index contributed by atoms with van der Waals surface area (Å²) in [6.45, 7) is 8.84. The Kier molecular flexibility index (Phi) is 6.01. The monoisotopic (exact) mass is 279 g/mol. The van der Waals surface area contributed by atoms with E-state index < -0.39 is 0 Å². The number of piperazine rings is 1. The average Bonchev–Trinajstić information content (AvgIpc) is 2.89. The van der Waals surface area contributed by atoms with Crippen molar-refractivity contribution in [1.82, 2.24) is 19.6 Å². The summed E-state index contributed by atoms with van der Waals surface area (Å²) in [4.78, 5) is 5.13. The van der Waals surface area contributed by atoms with Gasteiger partial charge in [0.2, 0.25) is 0 Å². The molecule has 5 heteroatoms. The highest BCUT2D eigenvalue weighted by Gasteiger charge is 2.22. The van der Waals surface area contributed by atoms with E-state index in [0.717, 1.165) is 32.6 Å². The normalized spacial score (nSPS) is 19.4. The van der Waals surface area contributed by atoms with Gasteiger partial charge in [0.05, 0.1) is 6.20 Å². The minimum Gasteiger partial charge on any atom is -0.329 e. The Morgan fingerprint density at radius 2 is 2.05 bits per heavy atom. The molecule has 0 radical (unpaired) electrons. The van der Waals surface area contributed by atoms with Crippen molar-refractivity contribution in [2.24, 2.45) is 12.8 Å². The molecule has 0 aliphatic carbocycles. The third-order valence-electron chi connectivity index (χ3n) is 4.29. The van der Waals surface area contributed by atoms with Crippen LogP contribution in [0.4, 0.5) is 0 Å². The highest BCUT2D eigenvalue weighted by atomic mass is 15.3. The van der Waals surface area contributed by atoms with Gasteiger partial charge in [0.15, 0.2) is 0 Å². The van der Waals surface area contributed by atoms with Crippen LogP contribution in [0.2, 0.25) is 0 Å². The van der Waals surface area contributed by atoms with Crippen LogP contribution in [0.3, 0.4) is 0 Å². The molecule has 1 fully saturated rings. The average molecular weight is 279 g/mol. The van der Waals surface area contributed by atoms with Crippen LogP contribution in [0.15, 0.2) is 12.4 Å². The maximum absolute atomic E-state index is 5.90. The molecule has 1 aromatic rings. The van der Waals surface area contributed by atoms with Crippen LogP contribution in [-0.2, 0) is 13.5 Å². The predicted octanol–water partition coefficient (Wildman–Crippen LogP) is 0.708. The van der Waals surface area contributed by atoms with Crippen molar-refractivity contribution in [3.63, 3.8) is 0 Å². The molecule has 1 aliphatic heterocycles. The summed E-state index contributed by atoms with van der Waals surface area (Å²) in [6, 6.07) is 0.584. The summed E-state index contributed by atoms with van der Waals surface area (Å²) < 4.78 is 1.88. The van der Waals surface area contributed by atoms with Gasteiger partial charge >= 0.3 is 0 Å². The van der Waals surface area contributed by atoms with Crippen molar-refractivity contribution in [3.05, 3.63) is 18.0 Å². The van der Waals surface area contributed by atoms with E-state index in [9.17, 15) is 0 Å². The second-order valence-electron chi connectivity index (χ2n) is 5.83. The molecule has 1 atom stereocenters. The molecule has 114 valence electrons. The van der Waals surface area contributed by atoms with Crippen molar-refractivity contribution >= 4 is 0 Å². The molecule has 5 nitrogen and oxygen atoms in total. The molecule has 0 amide bonds. The van der Waals surface area contributed by atoms with Crippen LogP contribution < -0.4 is 5.73 Å². The van der Waals surface area contributed by atoms with E-state index >= 15 is 0 Å².